The van der Waals surface area contributed by atoms with E-state index in [1.54, 1.807) is 6.92 Å². The highest BCUT2D eigenvalue weighted by molar-refractivity contribution is 6.33. The first kappa shape index (κ1) is 12.8. The van der Waals surface area contributed by atoms with Gasteiger partial charge in [-0.05, 0) is 19.1 Å². The molecule has 0 aliphatic rings. The Hall–Kier alpha value is -1.22. The molecule has 0 spiro atoms. The summed E-state index contributed by atoms with van der Waals surface area (Å²) in [5.41, 5.74) is 0.889. The molecule has 0 saturated carbocycles. The Labute approximate surface area is 101 Å². The number of halogens is 1. The second-order valence-electron chi connectivity index (χ2n) is 3.73. The average molecular weight is 242 g/mol. The lowest BCUT2D eigenvalue weighted by molar-refractivity contribution is -0.140. The first-order chi connectivity index (χ1) is 7.56. The Morgan fingerprint density at radius 1 is 1.50 bits per heavy atom. The molecular weight excluding hydrogens is 226 g/mol. The SMILES string of the molecule is CCN(CC(C)C(=O)O)c1ccccc1Cl. The molecule has 0 bridgehead atoms. The number of para-hydroxylation sites is 1. The zero-order valence-electron chi connectivity index (χ0n) is 9.48. The van der Waals surface area contributed by atoms with Crippen LogP contribution >= 0.6 is 11.6 Å². The summed E-state index contributed by atoms with van der Waals surface area (Å²) in [4.78, 5) is 12.8. The van der Waals surface area contributed by atoms with Gasteiger partial charge in [0.25, 0.3) is 0 Å². The quantitative estimate of drug-likeness (QED) is 0.862. The lowest BCUT2D eigenvalue weighted by atomic mass is 10.1. The van der Waals surface area contributed by atoms with Crippen molar-refractivity contribution in [2.75, 3.05) is 18.0 Å². The predicted octanol–water partition coefficient (Wildman–Crippen LogP) is 2.89. The summed E-state index contributed by atoms with van der Waals surface area (Å²) in [6.07, 6.45) is 0. The molecule has 0 aliphatic heterocycles. The van der Waals surface area contributed by atoms with Crippen LogP contribution < -0.4 is 4.90 Å². The van der Waals surface area contributed by atoms with Gasteiger partial charge in [-0.2, -0.15) is 0 Å². The number of nitrogens with zero attached hydrogens (tertiary/aromatic N) is 1. The van der Waals surface area contributed by atoms with Crippen LogP contribution in [-0.2, 0) is 4.79 Å². The Bertz CT molecular complexity index is 368. The third-order valence-corrected chi connectivity index (χ3v) is 2.81. The van der Waals surface area contributed by atoms with Gasteiger partial charge in [-0.15, -0.1) is 0 Å². The van der Waals surface area contributed by atoms with Crippen molar-refractivity contribution in [1.29, 1.82) is 0 Å². The van der Waals surface area contributed by atoms with Gasteiger partial charge in [0.1, 0.15) is 0 Å². The fourth-order valence-corrected chi connectivity index (χ4v) is 1.77. The van der Waals surface area contributed by atoms with Crippen LogP contribution in [0.4, 0.5) is 5.69 Å². The number of rotatable bonds is 5. The van der Waals surface area contributed by atoms with Gasteiger partial charge in [0.05, 0.1) is 16.6 Å². The molecule has 3 nitrogen and oxygen atoms in total. The maximum atomic E-state index is 10.8. The van der Waals surface area contributed by atoms with Crippen LogP contribution in [0.3, 0.4) is 0 Å². The van der Waals surface area contributed by atoms with E-state index in [1.165, 1.54) is 0 Å². The fourth-order valence-electron chi connectivity index (χ4n) is 1.51. The number of carbonyl (C=O) groups is 1. The summed E-state index contributed by atoms with van der Waals surface area (Å²) >= 11 is 6.07. The maximum Gasteiger partial charge on any atom is 0.308 e. The number of benzene rings is 1. The molecule has 1 N–H and O–H groups in total. The number of hydrogen-bond donors (Lipinski definition) is 1. The van der Waals surface area contributed by atoms with E-state index in [1.807, 2.05) is 36.1 Å². The van der Waals surface area contributed by atoms with Crippen molar-refractivity contribution in [2.24, 2.45) is 5.92 Å². The van der Waals surface area contributed by atoms with Gasteiger partial charge in [-0.25, -0.2) is 0 Å². The highest BCUT2D eigenvalue weighted by atomic mass is 35.5. The van der Waals surface area contributed by atoms with Crippen molar-refractivity contribution < 1.29 is 9.90 Å². The van der Waals surface area contributed by atoms with Gasteiger partial charge in [-0.3, -0.25) is 4.79 Å². The zero-order valence-corrected chi connectivity index (χ0v) is 10.2. The third-order valence-electron chi connectivity index (χ3n) is 2.49. The average Bonchev–Trinajstić information content (AvgIpc) is 2.26. The van der Waals surface area contributed by atoms with Crippen molar-refractivity contribution in [2.45, 2.75) is 13.8 Å². The molecule has 0 aliphatic carbocycles. The molecule has 0 amide bonds. The van der Waals surface area contributed by atoms with Crippen LogP contribution in [0.2, 0.25) is 5.02 Å². The van der Waals surface area contributed by atoms with Gasteiger partial charge in [-0.1, -0.05) is 30.7 Å². The molecule has 1 rings (SSSR count). The van der Waals surface area contributed by atoms with E-state index in [-0.39, 0.29) is 0 Å². The Morgan fingerprint density at radius 3 is 2.62 bits per heavy atom. The molecule has 88 valence electrons. The summed E-state index contributed by atoms with van der Waals surface area (Å²) in [6, 6.07) is 7.47. The van der Waals surface area contributed by atoms with Crippen LogP contribution in [0, 0.1) is 5.92 Å². The highest BCUT2D eigenvalue weighted by Crippen LogP contribution is 2.25. The van der Waals surface area contributed by atoms with E-state index in [4.69, 9.17) is 16.7 Å². The molecular formula is C12H16ClNO2. The molecule has 1 aromatic rings. The van der Waals surface area contributed by atoms with Crippen LogP contribution in [0.1, 0.15) is 13.8 Å². The summed E-state index contributed by atoms with van der Waals surface area (Å²) in [7, 11) is 0. The number of hydrogen-bond acceptors (Lipinski definition) is 2. The molecule has 0 aromatic heterocycles. The van der Waals surface area contributed by atoms with Crippen molar-refractivity contribution in [3.63, 3.8) is 0 Å². The van der Waals surface area contributed by atoms with E-state index in [0.29, 0.717) is 11.6 Å². The molecule has 1 aromatic carbocycles. The first-order valence-electron chi connectivity index (χ1n) is 5.28. The highest BCUT2D eigenvalue weighted by Gasteiger charge is 2.16. The summed E-state index contributed by atoms with van der Waals surface area (Å²) < 4.78 is 0. The number of aliphatic carboxylic acids is 1. The van der Waals surface area contributed by atoms with Crippen molar-refractivity contribution in [3.05, 3.63) is 29.3 Å². The summed E-state index contributed by atoms with van der Waals surface area (Å²) in [5.74, 6) is -1.19. The molecule has 16 heavy (non-hydrogen) atoms. The van der Waals surface area contributed by atoms with E-state index in [2.05, 4.69) is 0 Å². The van der Waals surface area contributed by atoms with Crippen molar-refractivity contribution in [1.82, 2.24) is 0 Å². The fraction of sp³-hybridized carbons (Fsp3) is 0.417. The van der Waals surface area contributed by atoms with Crippen LogP contribution in [0.25, 0.3) is 0 Å². The number of carboxylic acids is 1. The number of anilines is 1. The standard InChI is InChI=1S/C12H16ClNO2/c1-3-14(8-9(2)12(15)16)11-7-5-4-6-10(11)13/h4-7,9H,3,8H2,1-2H3,(H,15,16). The minimum Gasteiger partial charge on any atom is -0.481 e. The molecule has 0 radical (unpaired) electrons. The largest absolute Gasteiger partial charge is 0.481 e. The van der Waals surface area contributed by atoms with E-state index in [9.17, 15) is 4.79 Å². The van der Waals surface area contributed by atoms with Crippen LogP contribution in [0.15, 0.2) is 24.3 Å². The Balaban J connectivity index is 2.83. The Morgan fingerprint density at radius 2 is 2.12 bits per heavy atom. The van der Waals surface area contributed by atoms with Crippen molar-refractivity contribution >= 4 is 23.3 Å². The third kappa shape index (κ3) is 3.14. The van der Waals surface area contributed by atoms with Gasteiger partial charge < -0.3 is 10.0 Å². The Kier molecular flexibility index (Phi) is 4.62. The summed E-state index contributed by atoms with van der Waals surface area (Å²) in [5, 5.41) is 9.54. The monoisotopic (exact) mass is 241 g/mol. The van der Waals surface area contributed by atoms with Gasteiger partial charge in [0.15, 0.2) is 0 Å². The second-order valence-corrected chi connectivity index (χ2v) is 4.14. The zero-order chi connectivity index (χ0) is 12.1. The normalized spacial score (nSPS) is 12.2. The molecule has 0 fully saturated rings. The van der Waals surface area contributed by atoms with E-state index < -0.39 is 11.9 Å². The minimum atomic E-state index is -0.787. The summed E-state index contributed by atoms with van der Waals surface area (Å²) in [6.45, 7) is 4.89. The van der Waals surface area contributed by atoms with Gasteiger partial charge in [0.2, 0.25) is 0 Å². The first-order valence-corrected chi connectivity index (χ1v) is 5.66. The van der Waals surface area contributed by atoms with Crippen LogP contribution in [0.5, 0.6) is 0 Å². The van der Waals surface area contributed by atoms with E-state index >= 15 is 0 Å². The van der Waals surface area contributed by atoms with E-state index in [0.717, 1.165) is 12.2 Å². The lowest BCUT2D eigenvalue weighted by Gasteiger charge is -2.25. The number of carboxylic acid groups (broad SMARTS) is 1. The molecule has 1 unspecified atom stereocenters. The second kappa shape index (κ2) is 5.75. The topological polar surface area (TPSA) is 40.5 Å². The maximum absolute atomic E-state index is 10.8. The van der Waals surface area contributed by atoms with Crippen molar-refractivity contribution in [3.8, 4) is 0 Å². The van der Waals surface area contributed by atoms with Crippen LogP contribution in [-0.4, -0.2) is 24.2 Å². The molecule has 0 heterocycles. The molecule has 4 heteroatoms. The molecule has 1 atom stereocenters. The molecule has 0 saturated heterocycles. The van der Waals surface area contributed by atoms with Gasteiger partial charge in [0, 0.05) is 13.1 Å². The van der Waals surface area contributed by atoms with Gasteiger partial charge >= 0.3 is 5.97 Å². The smallest absolute Gasteiger partial charge is 0.308 e. The minimum absolute atomic E-state index is 0.406. The predicted molar refractivity (Wildman–Crippen MR) is 66.1 cm³/mol. The lowest BCUT2D eigenvalue weighted by Crippen LogP contribution is -2.31.